The number of nitrogens with one attached hydrogen (secondary N) is 2. The van der Waals surface area contributed by atoms with Gasteiger partial charge in [0.1, 0.15) is 0 Å². The summed E-state index contributed by atoms with van der Waals surface area (Å²) >= 11 is 3.27. The van der Waals surface area contributed by atoms with Gasteiger partial charge in [-0.3, -0.25) is 0 Å². The van der Waals surface area contributed by atoms with Crippen LogP contribution in [0, 0.1) is 13.8 Å². The molecule has 154 valence electrons. The van der Waals surface area contributed by atoms with Crippen molar-refractivity contribution in [2.75, 3.05) is 0 Å². The Hall–Kier alpha value is -1.80. The molecule has 0 bridgehead atoms. The van der Waals surface area contributed by atoms with Gasteiger partial charge in [-0.2, -0.15) is 10.2 Å². The Balaban J connectivity index is 2.31. The standard InChI is InChI=1S/C20H32N6S2/c1-11-15(13(3)23-25-19(5,6)7)27-17(21-11)18-22-12(2)16(28-18)14(4)24-26-20(8,9)10/h25-26H,1-10H3. The van der Waals surface area contributed by atoms with Gasteiger partial charge in [-0.15, -0.1) is 22.7 Å². The minimum atomic E-state index is -0.0675. The van der Waals surface area contributed by atoms with Crippen molar-refractivity contribution < 1.29 is 0 Å². The van der Waals surface area contributed by atoms with Crippen molar-refractivity contribution in [3.8, 4) is 10.0 Å². The van der Waals surface area contributed by atoms with Crippen molar-refractivity contribution in [3.63, 3.8) is 0 Å². The summed E-state index contributed by atoms with van der Waals surface area (Å²) in [5.74, 6) is 0. The van der Waals surface area contributed by atoms with Crippen LogP contribution in [0.2, 0.25) is 0 Å². The Bertz CT molecular complexity index is 817. The van der Waals surface area contributed by atoms with Crippen molar-refractivity contribution in [3.05, 3.63) is 21.1 Å². The first-order chi connectivity index (χ1) is 12.8. The van der Waals surface area contributed by atoms with Crippen LogP contribution >= 0.6 is 22.7 Å². The van der Waals surface area contributed by atoms with Crippen LogP contribution in [0.4, 0.5) is 0 Å². The highest BCUT2D eigenvalue weighted by Crippen LogP contribution is 2.33. The van der Waals surface area contributed by atoms with Gasteiger partial charge in [-0.25, -0.2) is 9.97 Å². The van der Waals surface area contributed by atoms with Gasteiger partial charge in [0, 0.05) is 11.1 Å². The monoisotopic (exact) mass is 420 g/mol. The van der Waals surface area contributed by atoms with E-state index in [1.165, 1.54) is 0 Å². The van der Waals surface area contributed by atoms with E-state index in [-0.39, 0.29) is 11.1 Å². The predicted molar refractivity (Wildman–Crippen MR) is 123 cm³/mol. The number of hydrazone groups is 2. The highest BCUT2D eigenvalue weighted by Gasteiger charge is 2.18. The van der Waals surface area contributed by atoms with Crippen molar-refractivity contribution in [2.24, 2.45) is 10.2 Å². The lowest BCUT2D eigenvalue weighted by molar-refractivity contribution is 0.441. The van der Waals surface area contributed by atoms with E-state index in [2.05, 4.69) is 62.6 Å². The second kappa shape index (κ2) is 8.29. The molecule has 0 radical (unpaired) electrons. The number of nitrogens with zero attached hydrogens (tertiary/aromatic N) is 4. The van der Waals surface area contributed by atoms with Crippen LogP contribution in [-0.2, 0) is 0 Å². The van der Waals surface area contributed by atoms with Crippen LogP contribution < -0.4 is 10.9 Å². The molecule has 8 heteroatoms. The van der Waals surface area contributed by atoms with Gasteiger partial charge in [0.15, 0.2) is 10.0 Å². The van der Waals surface area contributed by atoms with Crippen LogP contribution in [0.1, 0.15) is 76.5 Å². The number of hydrogen-bond acceptors (Lipinski definition) is 8. The zero-order valence-corrected chi connectivity index (χ0v) is 20.2. The summed E-state index contributed by atoms with van der Waals surface area (Å²) < 4.78 is 0. The molecule has 0 fully saturated rings. The molecule has 0 saturated heterocycles. The second-order valence-corrected chi connectivity index (χ2v) is 11.0. The van der Waals surface area contributed by atoms with Crippen LogP contribution in [-0.4, -0.2) is 32.5 Å². The molecule has 0 aliphatic heterocycles. The third kappa shape index (κ3) is 6.10. The van der Waals surface area contributed by atoms with E-state index >= 15 is 0 Å². The largest absolute Gasteiger partial charge is 0.305 e. The normalized spacial score (nSPS) is 13.8. The molecule has 2 aromatic rings. The Kier molecular flexibility index (Phi) is 6.66. The lowest BCUT2D eigenvalue weighted by atomic mass is 10.1. The summed E-state index contributed by atoms with van der Waals surface area (Å²) in [5.41, 5.74) is 10.1. The van der Waals surface area contributed by atoms with Gasteiger partial charge in [-0.1, -0.05) is 0 Å². The average molecular weight is 421 g/mol. The summed E-state index contributed by atoms with van der Waals surface area (Å²) in [6, 6.07) is 0. The number of rotatable bonds is 5. The molecule has 0 aromatic carbocycles. The number of aromatic nitrogens is 2. The Morgan fingerprint density at radius 2 is 1.04 bits per heavy atom. The van der Waals surface area contributed by atoms with Crippen LogP contribution in [0.5, 0.6) is 0 Å². The molecule has 0 aliphatic rings. The molecular formula is C20H32N6S2. The molecule has 0 aliphatic carbocycles. The zero-order chi connectivity index (χ0) is 21.3. The van der Waals surface area contributed by atoms with Crippen molar-refractivity contribution in [2.45, 2.75) is 80.3 Å². The van der Waals surface area contributed by atoms with Crippen LogP contribution in [0.15, 0.2) is 10.2 Å². The Morgan fingerprint density at radius 1 is 0.714 bits per heavy atom. The molecule has 0 spiro atoms. The molecule has 6 nitrogen and oxygen atoms in total. The van der Waals surface area contributed by atoms with Gasteiger partial charge >= 0.3 is 0 Å². The van der Waals surface area contributed by atoms with Gasteiger partial charge in [-0.05, 0) is 69.2 Å². The van der Waals surface area contributed by atoms with Crippen molar-refractivity contribution in [1.82, 2.24) is 20.8 Å². The van der Waals surface area contributed by atoms with E-state index in [9.17, 15) is 0 Å². The topological polar surface area (TPSA) is 74.6 Å². The molecule has 28 heavy (non-hydrogen) atoms. The third-order valence-corrected chi connectivity index (χ3v) is 6.23. The number of aryl methyl sites for hydroxylation is 2. The highest BCUT2D eigenvalue weighted by molar-refractivity contribution is 7.23. The number of hydrogen-bond donors (Lipinski definition) is 2. The minimum absolute atomic E-state index is 0.0675. The fraction of sp³-hybridized carbons (Fsp3) is 0.600. The van der Waals surface area contributed by atoms with Crippen molar-refractivity contribution in [1.29, 1.82) is 0 Å². The SMILES string of the molecule is CC(=NNC(C)(C)C)c1sc(-c2nc(C)c(C(C)=NNC(C)(C)C)s2)nc1C. The fourth-order valence-electron chi connectivity index (χ4n) is 2.25. The molecule has 0 unspecified atom stereocenters. The van der Waals surface area contributed by atoms with E-state index in [4.69, 9.17) is 9.97 Å². The molecule has 0 atom stereocenters. The number of thiazole rings is 2. The lowest BCUT2D eigenvalue weighted by Crippen LogP contribution is -2.32. The van der Waals surface area contributed by atoms with Gasteiger partial charge in [0.05, 0.1) is 32.6 Å². The maximum Gasteiger partial charge on any atom is 0.153 e. The Labute approximate surface area is 176 Å². The molecule has 2 N–H and O–H groups in total. The summed E-state index contributed by atoms with van der Waals surface area (Å²) in [6.07, 6.45) is 0. The van der Waals surface area contributed by atoms with Gasteiger partial charge in [0.2, 0.25) is 0 Å². The van der Waals surface area contributed by atoms with Gasteiger partial charge < -0.3 is 10.9 Å². The van der Waals surface area contributed by atoms with Gasteiger partial charge in [0.25, 0.3) is 0 Å². The highest BCUT2D eigenvalue weighted by atomic mass is 32.1. The molecule has 2 heterocycles. The average Bonchev–Trinajstić information content (AvgIpc) is 3.12. The van der Waals surface area contributed by atoms with E-state index in [0.717, 1.165) is 42.6 Å². The van der Waals surface area contributed by atoms with Crippen LogP contribution in [0.3, 0.4) is 0 Å². The predicted octanol–water partition coefficient (Wildman–Crippen LogP) is 5.11. The van der Waals surface area contributed by atoms with E-state index < -0.39 is 0 Å². The zero-order valence-electron chi connectivity index (χ0n) is 18.6. The minimum Gasteiger partial charge on any atom is -0.305 e. The maximum absolute atomic E-state index is 4.75. The van der Waals surface area contributed by atoms with Crippen molar-refractivity contribution >= 4 is 34.1 Å². The van der Waals surface area contributed by atoms with E-state index in [1.807, 2.05) is 27.7 Å². The summed E-state index contributed by atoms with van der Waals surface area (Å²) in [4.78, 5) is 11.7. The molecule has 0 saturated carbocycles. The molecular weight excluding hydrogens is 388 g/mol. The third-order valence-electron chi connectivity index (χ3n) is 3.55. The molecule has 0 amide bonds. The quantitative estimate of drug-likeness (QED) is 0.521. The maximum atomic E-state index is 4.75. The lowest BCUT2D eigenvalue weighted by Gasteiger charge is -2.18. The fourth-order valence-corrected chi connectivity index (χ4v) is 4.29. The smallest absolute Gasteiger partial charge is 0.153 e. The second-order valence-electron chi connectivity index (χ2n) is 8.99. The Morgan fingerprint density at radius 3 is 1.32 bits per heavy atom. The van der Waals surface area contributed by atoms with E-state index in [1.54, 1.807) is 22.7 Å². The molecule has 2 rings (SSSR count). The first-order valence-corrected chi connectivity index (χ1v) is 11.0. The summed E-state index contributed by atoms with van der Waals surface area (Å²) in [5, 5.41) is 10.9. The summed E-state index contributed by atoms with van der Waals surface area (Å²) in [7, 11) is 0. The first kappa shape index (κ1) is 22.5. The summed E-state index contributed by atoms with van der Waals surface area (Å²) in [6.45, 7) is 20.6. The first-order valence-electron chi connectivity index (χ1n) is 9.36. The van der Waals surface area contributed by atoms with Crippen LogP contribution in [0.25, 0.3) is 10.0 Å². The molecule has 2 aromatic heterocycles. The van der Waals surface area contributed by atoms with E-state index in [0.29, 0.717) is 0 Å².